The molecule has 0 heterocycles. The van der Waals surface area contributed by atoms with Crippen molar-refractivity contribution in [3.05, 3.63) is 28.2 Å². The summed E-state index contributed by atoms with van der Waals surface area (Å²) in [4.78, 5) is 0. The van der Waals surface area contributed by atoms with Gasteiger partial charge in [0.2, 0.25) is 0 Å². The molecule has 0 aliphatic heterocycles. The molecule has 1 aliphatic rings. The Hall–Kier alpha value is -0.580. The van der Waals surface area contributed by atoms with Crippen LogP contribution in [0.3, 0.4) is 0 Å². The molecule has 0 aromatic heterocycles. The van der Waals surface area contributed by atoms with Crippen LogP contribution >= 0.6 is 15.9 Å². The topological polar surface area (TPSA) is 49.7 Å². The van der Waals surface area contributed by atoms with Crippen molar-refractivity contribution in [3.63, 3.8) is 0 Å². The van der Waals surface area contributed by atoms with Crippen molar-refractivity contribution < 1.29 is 14.9 Å². The zero-order chi connectivity index (χ0) is 13.2. The highest BCUT2D eigenvalue weighted by molar-refractivity contribution is 9.10. The van der Waals surface area contributed by atoms with Gasteiger partial charge in [0.25, 0.3) is 0 Å². The second kappa shape index (κ2) is 5.59. The van der Waals surface area contributed by atoms with Gasteiger partial charge in [-0.05, 0) is 36.6 Å². The van der Waals surface area contributed by atoms with Gasteiger partial charge >= 0.3 is 0 Å². The molecule has 0 radical (unpaired) electrons. The molecule has 1 saturated carbocycles. The fourth-order valence-corrected chi connectivity index (χ4v) is 3.03. The molecule has 1 aliphatic carbocycles. The second-order valence-corrected chi connectivity index (χ2v) is 5.90. The Kier molecular flexibility index (Phi) is 4.30. The van der Waals surface area contributed by atoms with Crippen LogP contribution < -0.4 is 4.74 Å². The van der Waals surface area contributed by atoms with Gasteiger partial charge in [-0.3, -0.25) is 0 Å². The van der Waals surface area contributed by atoms with Gasteiger partial charge in [-0.2, -0.15) is 0 Å². The molecule has 18 heavy (non-hydrogen) atoms. The maximum absolute atomic E-state index is 10.4. The SMILES string of the molecule is COc1ccc(Br)cc1CC(O)C1(O)CCCC1. The summed E-state index contributed by atoms with van der Waals surface area (Å²) >= 11 is 3.41. The molecule has 0 amide bonds. The fraction of sp³-hybridized carbons (Fsp3) is 0.571. The van der Waals surface area contributed by atoms with E-state index < -0.39 is 11.7 Å². The lowest BCUT2D eigenvalue weighted by Gasteiger charge is -2.29. The highest BCUT2D eigenvalue weighted by atomic mass is 79.9. The molecule has 4 heteroatoms. The third-order valence-corrected chi connectivity index (χ3v) is 4.24. The lowest BCUT2D eigenvalue weighted by molar-refractivity contribution is -0.0690. The van der Waals surface area contributed by atoms with Crippen LogP contribution in [0.25, 0.3) is 0 Å². The normalized spacial score (nSPS) is 19.8. The average Bonchev–Trinajstić information content (AvgIpc) is 2.78. The first-order valence-corrected chi connectivity index (χ1v) is 7.07. The van der Waals surface area contributed by atoms with Crippen LogP contribution in [-0.2, 0) is 6.42 Å². The summed E-state index contributed by atoms with van der Waals surface area (Å²) in [5, 5.41) is 20.6. The zero-order valence-electron chi connectivity index (χ0n) is 10.5. The Morgan fingerprint density at radius 3 is 2.67 bits per heavy atom. The van der Waals surface area contributed by atoms with Crippen molar-refractivity contribution in [2.45, 2.75) is 43.8 Å². The summed E-state index contributed by atoms with van der Waals surface area (Å²) in [5.74, 6) is 0.749. The molecule has 1 unspecified atom stereocenters. The van der Waals surface area contributed by atoms with Gasteiger partial charge in [0.1, 0.15) is 5.75 Å². The highest BCUT2D eigenvalue weighted by Gasteiger charge is 2.38. The quantitative estimate of drug-likeness (QED) is 0.898. The van der Waals surface area contributed by atoms with E-state index in [1.165, 1.54) is 0 Å². The second-order valence-electron chi connectivity index (χ2n) is 4.99. The van der Waals surface area contributed by atoms with E-state index in [0.717, 1.165) is 28.6 Å². The van der Waals surface area contributed by atoms with Crippen molar-refractivity contribution in [2.75, 3.05) is 7.11 Å². The van der Waals surface area contributed by atoms with E-state index in [1.807, 2.05) is 18.2 Å². The van der Waals surface area contributed by atoms with Gasteiger partial charge in [0, 0.05) is 10.9 Å². The van der Waals surface area contributed by atoms with E-state index >= 15 is 0 Å². The van der Waals surface area contributed by atoms with Crippen molar-refractivity contribution in [1.29, 1.82) is 0 Å². The number of aliphatic hydroxyl groups is 2. The first-order chi connectivity index (χ1) is 8.55. The Morgan fingerprint density at radius 1 is 1.39 bits per heavy atom. The summed E-state index contributed by atoms with van der Waals surface area (Å²) in [6.45, 7) is 0. The molecule has 0 spiro atoms. The third kappa shape index (κ3) is 2.87. The Labute approximate surface area is 116 Å². The Morgan fingerprint density at radius 2 is 2.06 bits per heavy atom. The predicted molar refractivity (Wildman–Crippen MR) is 73.8 cm³/mol. The molecule has 100 valence electrons. The average molecular weight is 315 g/mol. The van der Waals surface area contributed by atoms with Crippen molar-refractivity contribution >= 4 is 15.9 Å². The van der Waals surface area contributed by atoms with E-state index in [0.29, 0.717) is 19.3 Å². The molecule has 2 N–H and O–H groups in total. The van der Waals surface area contributed by atoms with E-state index in [1.54, 1.807) is 7.11 Å². The number of aliphatic hydroxyl groups excluding tert-OH is 1. The van der Waals surface area contributed by atoms with Crippen LogP contribution in [0.15, 0.2) is 22.7 Å². The number of ether oxygens (including phenoxy) is 1. The van der Waals surface area contributed by atoms with E-state index in [-0.39, 0.29) is 0 Å². The monoisotopic (exact) mass is 314 g/mol. The fourth-order valence-electron chi connectivity index (χ4n) is 2.63. The molecule has 1 atom stereocenters. The molecule has 1 aromatic rings. The largest absolute Gasteiger partial charge is 0.496 e. The van der Waals surface area contributed by atoms with Gasteiger partial charge in [0.15, 0.2) is 0 Å². The van der Waals surface area contributed by atoms with E-state index in [4.69, 9.17) is 4.74 Å². The Balaban J connectivity index is 2.15. The minimum atomic E-state index is -0.923. The summed E-state index contributed by atoms with van der Waals surface area (Å²) in [5.41, 5.74) is -0.00690. The van der Waals surface area contributed by atoms with Gasteiger partial charge < -0.3 is 14.9 Å². The van der Waals surface area contributed by atoms with Crippen LogP contribution in [0.1, 0.15) is 31.2 Å². The molecule has 0 bridgehead atoms. The van der Waals surface area contributed by atoms with Crippen LogP contribution in [0.4, 0.5) is 0 Å². The Bertz CT molecular complexity index is 414. The molecule has 2 rings (SSSR count). The van der Waals surface area contributed by atoms with Gasteiger partial charge in [-0.25, -0.2) is 0 Å². The lowest BCUT2D eigenvalue weighted by atomic mass is 9.90. The molecule has 3 nitrogen and oxygen atoms in total. The van der Waals surface area contributed by atoms with Crippen molar-refractivity contribution in [2.24, 2.45) is 0 Å². The number of benzene rings is 1. The first-order valence-electron chi connectivity index (χ1n) is 6.28. The van der Waals surface area contributed by atoms with Gasteiger partial charge in [-0.1, -0.05) is 28.8 Å². The van der Waals surface area contributed by atoms with Crippen molar-refractivity contribution in [1.82, 2.24) is 0 Å². The maximum atomic E-state index is 10.4. The van der Waals surface area contributed by atoms with Gasteiger partial charge in [-0.15, -0.1) is 0 Å². The summed E-state index contributed by atoms with van der Waals surface area (Å²) < 4.78 is 6.23. The summed E-state index contributed by atoms with van der Waals surface area (Å²) in [7, 11) is 1.61. The van der Waals surface area contributed by atoms with Crippen LogP contribution in [0, 0.1) is 0 Å². The maximum Gasteiger partial charge on any atom is 0.122 e. The van der Waals surface area contributed by atoms with Crippen LogP contribution in [0.5, 0.6) is 5.75 Å². The minimum absolute atomic E-state index is 0.416. The van der Waals surface area contributed by atoms with Gasteiger partial charge in [0.05, 0.1) is 18.8 Å². The number of hydrogen-bond acceptors (Lipinski definition) is 3. The number of halogens is 1. The third-order valence-electron chi connectivity index (χ3n) is 3.75. The number of hydrogen-bond donors (Lipinski definition) is 2. The van der Waals surface area contributed by atoms with Crippen molar-refractivity contribution in [3.8, 4) is 5.75 Å². The van der Waals surface area contributed by atoms with Crippen LogP contribution in [0.2, 0.25) is 0 Å². The van der Waals surface area contributed by atoms with E-state index in [2.05, 4.69) is 15.9 Å². The zero-order valence-corrected chi connectivity index (χ0v) is 12.1. The predicted octanol–water partition coefficient (Wildman–Crippen LogP) is 2.67. The molecular weight excluding hydrogens is 296 g/mol. The molecular formula is C14H19BrO3. The summed E-state index contributed by atoms with van der Waals surface area (Å²) in [6.07, 6.45) is 3.03. The minimum Gasteiger partial charge on any atom is -0.496 e. The lowest BCUT2D eigenvalue weighted by Crippen LogP contribution is -2.40. The molecule has 0 saturated heterocycles. The number of methoxy groups -OCH3 is 1. The number of rotatable bonds is 4. The first kappa shape index (κ1) is 13.8. The highest BCUT2D eigenvalue weighted by Crippen LogP contribution is 2.35. The van der Waals surface area contributed by atoms with Crippen LogP contribution in [-0.4, -0.2) is 29.0 Å². The molecule has 1 aromatic carbocycles. The molecule has 1 fully saturated rings. The standard InChI is InChI=1S/C14H19BrO3/c1-18-12-5-4-11(15)8-10(12)9-13(16)14(17)6-2-3-7-14/h4-5,8,13,16-17H,2-3,6-7,9H2,1H3. The summed E-state index contributed by atoms with van der Waals surface area (Å²) in [6, 6.07) is 5.70. The van der Waals surface area contributed by atoms with E-state index in [9.17, 15) is 10.2 Å². The smallest absolute Gasteiger partial charge is 0.122 e.